The number of para-hydroxylation sites is 2. The number of hydrogen-bond donors (Lipinski definition) is 0. The number of nitrogens with zero attached hydrogens (tertiary/aromatic N) is 4. The summed E-state index contributed by atoms with van der Waals surface area (Å²) < 4.78 is 5.47. The van der Waals surface area contributed by atoms with Gasteiger partial charge in [-0.2, -0.15) is 0 Å². The van der Waals surface area contributed by atoms with Crippen LogP contribution < -0.4 is 14.5 Å². The minimum Gasteiger partial charge on any atom is -0.495 e. The van der Waals surface area contributed by atoms with E-state index in [1.165, 1.54) is 23.5 Å². The van der Waals surface area contributed by atoms with Crippen molar-refractivity contribution in [3.63, 3.8) is 0 Å². The van der Waals surface area contributed by atoms with Crippen LogP contribution in [0.25, 0.3) is 0 Å². The summed E-state index contributed by atoms with van der Waals surface area (Å²) in [6, 6.07) is 8.23. The van der Waals surface area contributed by atoms with E-state index in [1.807, 2.05) is 12.1 Å². The molecule has 5 nitrogen and oxygen atoms in total. The van der Waals surface area contributed by atoms with E-state index in [2.05, 4.69) is 32.1 Å². The van der Waals surface area contributed by atoms with Gasteiger partial charge in [-0.1, -0.05) is 23.5 Å². The van der Waals surface area contributed by atoms with Gasteiger partial charge in [-0.05, 0) is 25.0 Å². The van der Waals surface area contributed by atoms with Crippen molar-refractivity contribution >= 4 is 22.2 Å². The van der Waals surface area contributed by atoms with Crippen molar-refractivity contribution in [2.75, 3.05) is 43.1 Å². The number of hydrogen-bond acceptors (Lipinski definition) is 6. The van der Waals surface area contributed by atoms with E-state index in [0.29, 0.717) is 5.92 Å². The fourth-order valence-electron chi connectivity index (χ4n) is 2.88. The number of methoxy groups -OCH3 is 1. The summed E-state index contributed by atoms with van der Waals surface area (Å²) in [6.07, 6.45) is 2.58. The van der Waals surface area contributed by atoms with E-state index in [4.69, 9.17) is 4.74 Å². The summed E-state index contributed by atoms with van der Waals surface area (Å²) in [5, 5.41) is 11.0. The summed E-state index contributed by atoms with van der Waals surface area (Å²) in [5.41, 5.74) is 1.18. The molecule has 116 valence electrons. The SMILES string of the molecule is COc1ccccc1N1CCN(c2nnc(C3CC3)s2)CC1. The van der Waals surface area contributed by atoms with Crippen molar-refractivity contribution in [3.8, 4) is 5.75 Å². The van der Waals surface area contributed by atoms with E-state index >= 15 is 0 Å². The van der Waals surface area contributed by atoms with E-state index in [1.54, 1.807) is 18.4 Å². The van der Waals surface area contributed by atoms with Gasteiger partial charge in [-0.3, -0.25) is 0 Å². The van der Waals surface area contributed by atoms with Crippen molar-refractivity contribution in [1.29, 1.82) is 0 Å². The molecule has 1 aliphatic heterocycles. The third-order valence-electron chi connectivity index (χ3n) is 4.33. The first kappa shape index (κ1) is 13.8. The van der Waals surface area contributed by atoms with E-state index in [9.17, 15) is 0 Å². The van der Waals surface area contributed by atoms with Crippen LogP contribution in [0.3, 0.4) is 0 Å². The molecule has 2 fully saturated rings. The number of benzene rings is 1. The number of ether oxygens (including phenoxy) is 1. The lowest BCUT2D eigenvalue weighted by Gasteiger charge is -2.36. The van der Waals surface area contributed by atoms with Crippen LogP contribution in [0.15, 0.2) is 24.3 Å². The number of aromatic nitrogens is 2. The molecule has 1 saturated carbocycles. The molecule has 0 unspecified atom stereocenters. The van der Waals surface area contributed by atoms with Crippen LogP contribution in [0.4, 0.5) is 10.8 Å². The fraction of sp³-hybridized carbons (Fsp3) is 0.500. The minimum absolute atomic E-state index is 0.695. The highest BCUT2D eigenvalue weighted by molar-refractivity contribution is 7.15. The standard InChI is InChI=1S/C16H20N4OS/c1-21-14-5-3-2-4-13(14)19-8-10-20(11-9-19)16-18-17-15(22-16)12-6-7-12/h2-5,12H,6-11H2,1H3. The largest absolute Gasteiger partial charge is 0.495 e. The van der Waals surface area contributed by atoms with Crippen molar-refractivity contribution in [1.82, 2.24) is 10.2 Å². The minimum atomic E-state index is 0.695. The molecule has 0 spiro atoms. The highest BCUT2D eigenvalue weighted by Gasteiger charge is 2.29. The lowest BCUT2D eigenvalue weighted by Crippen LogP contribution is -2.46. The second-order valence-corrected chi connectivity index (χ2v) is 6.83. The maximum Gasteiger partial charge on any atom is 0.208 e. The number of rotatable bonds is 4. The molecule has 1 aromatic heterocycles. The van der Waals surface area contributed by atoms with Crippen LogP contribution in [0.5, 0.6) is 5.75 Å². The summed E-state index contributed by atoms with van der Waals surface area (Å²) >= 11 is 1.78. The van der Waals surface area contributed by atoms with Gasteiger partial charge in [0.1, 0.15) is 10.8 Å². The molecule has 1 aromatic carbocycles. The Bertz CT molecular complexity index is 647. The first-order valence-electron chi connectivity index (χ1n) is 7.81. The Balaban J connectivity index is 1.43. The molecule has 0 N–H and O–H groups in total. The summed E-state index contributed by atoms with van der Waals surface area (Å²) in [7, 11) is 1.73. The molecule has 22 heavy (non-hydrogen) atoms. The topological polar surface area (TPSA) is 41.5 Å². The van der Waals surface area contributed by atoms with Crippen LogP contribution in [-0.4, -0.2) is 43.5 Å². The molecule has 4 rings (SSSR count). The molecule has 0 atom stereocenters. The van der Waals surface area contributed by atoms with E-state index < -0.39 is 0 Å². The molecular formula is C16H20N4OS. The van der Waals surface area contributed by atoms with Crippen molar-refractivity contribution in [3.05, 3.63) is 29.3 Å². The lowest BCUT2D eigenvalue weighted by molar-refractivity contribution is 0.413. The number of anilines is 2. The van der Waals surface area contributed by atoms with Crippen LogP contribution >= 0.6 is 11.3 Å². The molecule has 1 aliphatic carbocycles. The van der Waals surface area contributed by atoms with Gasteiger partial charge in [0.25, 0.3) is 0 Å². The molecule has 2 aromatic rings. The molecule has 2 heterocycles. The Morgan fingerprint density at radius 3 is 2.50 bits per heavy atom. The van der Waals surface area contributed by atoms with Gasteiger partial charge in [0.05, 0.1) is 12.8 Å². The van der Waals surface area contributed by atoms with Crippen molar-refractivity contribution < 1.29 is 4.74 Å². The predicted octanol–water partition coefficient (Wildman–Crippen LogP) is 2.75. The Hall–Kier alpha value is -1.82. The van der Waals surface area contributed by atoms with E-state index in [-0.39, 0.29) is 0 Å². The Labute approximate surface area is 134 Å². The van der Waals surface area contributed by atoms with Gasteiger partial charge in [0.2, 0.25) is 5.13 Å². The van der Waals surface area contributed by atoms with Gasteiger partial charge in [0, 0.05) is 32.1 Å². The van der Waals surface area contributed by atoms with Gasteiger partial charge in [-0.25, -0.2) is 0 Å². The molecule has 0 bridgehead atoms. The summed E-state index contributed by atoms with van der Waals surface area (Å²) in [4.78, 5) is 4.74. The Morgan fingerprint density at radius 1 is 1.05 bits per heavy atom. The van der Waals surface area contributed by atoms with Gasteiger partial charge in [0.15, 0.2) is 0 Å². The predicted molar refractivity (Wildman–Crippen MR) is 89.3 cm³/mol. The fourth-order valence-corrected chi connectivity index (χ4v) is 3.94. The summed E-state index contributed by atoms with van der Waals surface area (Å²) in [6.45, 7) is 3.94. The third kappa shape index (κ3) is 2.63. The van der Waals surface area contributed by atoms with Crippen LogP contribution in [0.1, 0.15) is 23.8 Å². The molecule has 0 amide bonds. The first-order chi connectivity index (χ1) is 10.8. The van der Waals surface area contributed by atoms with Crippen molar-refractivity contribution in [2.45, 2.75) is 18.8 Å². The van der Waals surface area contributed by atoms with E-state index in [0.717, 1.165) is 37.1 Å². The average molecular weight is 316 g/mol. The highest BCUT2D eigenvalue weighted by atomic mass is 32.1. The monoisotopic (exact) mass is 316 g/mol. The normalized spacial score (nSPS) is 18.6. The second-order valence-electron chi connectivity index (χ2n) is 5.84. The second kappa shape index (κ2) is 5.76. The quantitative estimate of drug-likeness (QED) is 0.867. The first-order valence-corrected chi connectivity index (χ1v) is 8.63. The van der Waals surface area contributed by atoms with Gasteiger partial charge < -0.3 is 14.5 Å². The average Bonchev–Trinajstić information content (AvgIpc) is 3.32. The Kier molecular flexibility index (Phi) is 3.62. The maximum absolute atomic E-state index is 5.47. The Morgan fingerprint density at radius 2 is 1.77 bits per heavy atom. The molecule has 2 aliphatic rings. The zero-order valence-electron chi connectivity index (χ0n) is 12.7. The zero-order valence-corrected chi connectivity index (χ0v) is 13.6. The van der Waals surface area contributed by atoms with Gasteiger partial charge in [-0.15, -0.1) is 10.2 Å². The zero-order chi connectivity index (χ0) is 14.9. The highest BCUT2D eigenvalue weighted by Crippen LogP contribution is 2.42. The van der Waals surface area contributed by atoms with Crippen LogP contribution in [-0.2, 0) is 0 Å². The maximum atomic E-state index is 5.47. The molecule has 0 radical (unpaired) electrons. The lowest BCUT2D eigenvalue weighted by atomic mass is 10.2. The number of piperazine rings is 1. The van der Waals surface area contributed by atoms with Crippen LogP contribution in [0.2, 0.25) is 0 Å². The molecular weight excluding hydrogens is 296 g/mol. The van der Waals surface area contributed by atoms with Crippen molar-refractivity contribution in [2.24, 2.45) is 0 Å². The van der Waals surface area contributed by atoms with Crippen LogP contribution in [0, 0.1) is 0 Å². The van der Waals surface area contributed by atoms with Gasteiger partial charge >= 0.3 is 0 Å². The summed E-state index contributed by atoms with van der Waals surface area (Å²) in [5.74, 6) is 1.64. The molecule has 1 saturated heterocycles. The third-order valence-corrected chi connectivity index (χ3v) is 5.48. The smallest absolute Gasteiger partial charge is 0.208 e. The molecule has 6 heteroatoms.